The third-order valence-electron chi connectivity index (χ3n) is 3.52. The van der Waals surface area contributed by atoms with Crippen LogP contribution in [0, 0.1) is 5.41 Å². The van der Waals surface area contributed by atoms with Crippen molar-refractivity contribution in [1.29, 1.82) is 0 Å². The van der Waals surface area contributed by atoms with Gasteiger partial charge in [0.25, 0.3) is 0 Å². The minimum absolute atomic E-state index is 0.121. The molecule has 4 heteroatoms. The van der Waals surface area contributed by atoms with E-state index in [9.17, 15) is 4.79 Å². The summed E-state index contributed by atoms with van der Waals surface area (Å²) in [5, 5.41) is 3.89. The van der Waals surface area contributed by atoms with Crippen molar-refractivity contribution in [2.24, 2.45) is 5.41 Å². The molecule has 0 atom stereocenters. The number of esters is 1. The van der Waals surface area contributed by atoms with Crippen LogP contribution in [-0.4, -0.2) is 19.1 Å². The third-order valence-corrected chi connectivity index (χ3v) is 3.89. The second kappa shape index (κ2) is 5.72. The van der Waals surface area contributed by atoms with Crippen molar-refractivity contribution in [3.8, 4) is 0 Å². The monoisotopic (exact) mass is 267 g/mol. The van der Waals surface area contributed by atoms with E-state index in [1.807, 2.05) is 25.1 Å². The maximum absolute atomic E-state index is 12.1. The maximum atomic E-state index is 12.1. The summed E-state index contributed by atoms with van der Waals surface area (Å²) in [5.74, 6) is -0.121. The minimum atomic E-state index is -0.355. The van der Waals surface area contributed by atoms with E-state index in [2.05, 4.69) is 5.32 Å². The van der Waals surface area contributed by atoms with Crippen molar-refractivity contribution in [3.05, 3.63) is 34.9 Å². The van der Waals surface area contributed by atoms with Crippen LogP contribution in [0.15, 0.2) is 24.3 Å². The Morgan fingerprint density at radius 2 is 2.06 bits per heavy atom. The van der Waals surface area contributed by atoms with Gasteiger partial charge >= 0.3 is 5.97 Å². The molecule has 1 N–H and O–H groups in total. The molecule has 0 bridgehead atoms. The second-order valence-corrected chi connectivity index (χ2v) is 5.39. The smallest absolute Gasteiger partial charge is 0.312 e. The average Bonchev–Trinajstić information content (AvgIpc) is 2.38. The molecule has 0 aliphatic carbocycles. The van der Waals surface area contributed by atoms with Gasteiger partial charge < -0.3 is 10.1 Å². The van der Waals surface area contributed by atoms with E-state index in [1.165, 1.54) is 0 Å². The van der Waals surface area contributed by atoms with Gasteiger partial charge in [-0.3, -0.25) is 4.79 Å². The Morgan fingerprint density at radius 1 is 1.39 bits per heavy atom. The quantitative estimate of drug-likeness (QED) is 0.856. The molecule has 1 aliphatic rings. The van der Waals surface area contributed by atoms with Gasteiger partial charge in [-0.1, -0.05) is 29.8 Å². The van der Waals surface area contributed by atoms with E-state index < -0.39 is 0 Å². The van der Waals surface area contributed by atoms with Crippen LogP contribution in [0.3, 0.4) is 0 Å². The van der Waals surface area contributed by atoms with Crippen molar-refractivity contribution in [1.82, 2.24) is 5.32 Å². The number of nitrogens with one attached hydrogen (secondary N) is 1. The van der Waals surface area contributed by atoms with Crippen LogP contribution in [0.1, 0.15) is 25.3 Å². The number of hydrogen-bond donors (Lipinski definition) is 1. The normalized spacial score (nSPS) is 18.3. The number of hydrogen-bond acceptors (Lipinski definition) is 3. The number of carbonyl (C=O) groups excluding carboxylic acids is 1. The molecule has 98 valence electrons. The first-order valence-corrected chi connectivity index (χ1v) is 6.61. The van der Waals surface area contributed by atoms with Gasteiger partial charge in [0.05, 0.1) is 5.41 Å². The first-order chi connectivity index (χ1) is 8.62. The SMILES string of the molecule is CC1(C(=O)OCc2ccccc2Cl)CCNCC1. The zero-order valence-electron chi connectivity index (χ0n) is 10.5. The fraction of sp³-hybridized carbons (Fsp3) is 0.500. The van der Waals surface area contributed by atoms with Crippen LogP contribution in [0.4, 0.5) is 0 Å². The van der Waals surface area contributed by atoms with Crippen LogP contribution in [0.25, 0.3) is 0 Å². The highest BCUT2D eigenvalue weighted by Gasteiger charge is 2.36. The molecule has 1 aliphatic heterocycles. The molecule has 1 aromatic rings. The molecule has 1 fully saturated rings. The summed E-state index contributed by atoms with van der Waals surface area (Å²) >= 11 is 6.03. The van der Waals surface area contributed by atoms with Gasteiger partial charge in [-0.05, 0) is 38.9 Å². The van der Waals surface area contributed by atoms with E-state index in [4.69, 9.17) is 16.3 Å². The summed E-state index contributed by atoms with van der Waals surface area (Å²) in [6.07, 6.45) is 1.66. The lowest BCUT2D eigenvalue weighted by Gasteiger charge is -2.31. The van der Waals surface area contributed by atoms with Crippen molar-refractivity contribution < 1.29 is 9.53 Å². The van der Waals surface area contributed by atoms with Gasteiger partial charge in [0.15, 0.2) is 0 Å². The lowest BCUT2D eigenvalue weighted by molar-refractivity contribution is -0.157. The zero-order valence-corrected chi connectivity index (χ0v) is 11.3. The topological polar surface area (TPSA) is 38.3 Å². The summed E-state index contributed by atoms with van der Waals surface area (Å²) in [4.78, 5) is 12.1. The molecule has 1 heterocycles. The van der Waals surface area contributed by atoms with Gasteiger partial charge in [-0.2, -0.15) is 0 Å². The second-order valence-electron chi connectivity index (χ2n) is 4.98. The molecule has 0 radical (unpaired) electrons. The first kappa shape index (κ1) is 13.4. The largest absolute Gasteiger partial charge is 0.460 e. The Labute approximate surface area is 112 Å². The number of carbonyl (C=O) groups is 1. The van der Waals surface area contributed by atoms with Gasteiger partial charge in [0.2, 0.25) is 0 Å². The Kier molecular flexibility index (Phi) is 4.25. The molecule has 3 nitrogen and oxygen atoms in total. The lowest BCUT2D eigenvalue weighted by Crippen LogP contribution is -2.40. The molecule has 0 spiro atoms. The van der Waals surface area contributed by atoms with Crippen molar-refractivity contribution in [3.63, 3.8) is 0 Å². The summed E-state index contributed by atoms with van der Waals surface area (Å²) in [5.41, 5.74) is 0.497. The number of rotatable bonds is 3. The molecule has 18 heavy (non-hydrogen) atoms. The molecule has 1 saturated heterocycles. The molecule has 2 rings (SSSR count). The van der Waals surface area contributed by atoms with Gasteiger partial charge in [-0.15, -0.1) is 0 Å². The van der Waals surface area contributed by atoms with Crippen LogP contribution < -0.4 is 5.32 Å². The Bertz CT molecular complexity index is 428. The molecule has 0 unspecified atom stereocenters. The van der Waals surface area contributed by atoms with Crippen LogP contribution in [0.2, 0.25) is 5.02 Å². The summed E-state index contributed by atoms with van der Waals surface area (Å²) in [6, 6.07) is 7.43. The average molecular weight is 268 g/mol. The number of benzene rings is 1. The van der Waals surface area contributed by atoms with E-state index in [0.717, 1.165) is 31.5 Å². The summed E-state index contributed by atoms with van der Waals surface area (Å²) < 4.78 is 5.40. The summed E-state index contributed by atoms with van der Waals surface area (Å²) in [7, 11) is 0. The fourth-order valence-corrected chi connectivity index (χ4v) is 2.31. The highest BCUT2D eigenvalue weighted by atomic mass is 35.5. The zero-order chi connectivity index (χ0) is 13.0. The Balaban J connectivity index is 1.94. The lowest BCUT2D eigenvalue weighted by atomic mass is 9.81. The van der Waals surface area contributed by atoms with Crippen LogP contribution in [-0.2, 0) is 16.1 Å². The molecule has 0 saturated carbocycles. The third kappa shape index (κ3) is 3.03. The predicted molar refractivity (Wildman–Crippen MR) is 71.5 cm³/mol. The van der Waals surface area contributed by atoms with Gasteiger partial charge in [0, 0.05) is 10.6 Å². The molecular formula is C14H18ClNO2. The van der Waals surface area contributed by atoms with Crippen LogP contribution >= 0.6 is 11.6 Å². The molecule has 0 amide bonds. The number of halogens is 1. The van der Waals surface area contributed by atoms with Crippen molar-refractivity contribution in [2.45, 2.75) is 26.4 Å². The standard InChI is InChI=1S/C14H18ClNO2/c1-14(6-8-16-9-7-14)13(17)18-10-11-4-2-3-5-12(11)15/h2-5,16H,6-10H2,1H3. The molecular weight excluding hydrogens is 250 g/mol. The minimum Gasteiger partial charge on any atom is -0.460 e. The Morgan fingerprint density at radius 3 is 2.72 bits per heavy atom. The maximum Gasteiger partial charge on any atom is 0.312 e. The summed E-state index contributed by atoms with van der Waals surface area (Å²) in [6.45, 7) is 3.97. The van der Waals surface area contributed by atoms with Crippen LogP contribution in [0.5, 0.6) is 0 Å². The highest BCUT2D eigenvalue weighted by Crippen LogP contribution is 2.30. The van der Waals surface area contributed by atoms with Gasteiger partial charge in [-0.25, -0.2) is 0 Å². The van der Waals surface area contributed by atoms with E-state index in [-0.39, 0.29) is 18.0 Å². The van der Waals surface area contributed by atoms with E-state index >= 15 is 0 Å². The molecule has 1 aromatic carbocycles. The van der Waals surface area contributed by atoms with Crippen molar-refractivity contribution in [2.75, 3.05) is 13.1 Å². The van der Waals surface area contributed by atoms with E-state index in [0.29, 0.717) is 5.02 Å². The number of piperidine rings is 1. The van der Waals surface area contributed by atoms with Crippen molar-refractivity contribution >= 4 is 17.6 Å². The fourth-order valence-electron chi connectivity index (χ4n) is 2.12. The van der Waals surface area contributed by atoms with E-state index in [1.54, 1.807) is 6.07 Å². The number of ether oxygens (including phenoxy) is 1. The molecule has 0 aromatic heterocycles. The predicted octanol–water partition coefficient (Wildman–Crippen LogP) is 2.77. The Hall–Kier alpha value is -1.06. The first-order valence-electron chi connectivity index (χ1n) is 6.23. The van der Waals surface area contributed by atoms with Gasteiger partial charge in [0.1, 0.15) is 6.61 Å². The highest BCUT2D eigenvalue weighted by molar-refractivity contribution is 6.31.